The van der Waals surface area contributed by atoms with E-state index in [2.05, 4.69) is 32.9 Å². The molecule has 0 fully saturated rings. The molecule has 2 aromatic rings. The maximum absolute atomic E-state index is 3.92. The van der Waals surface area contributed by atoms with Crippen molar-refractivity contribution in [1.82, 2.24) is 9.97 Å². The van der Waals surface area contributed by atoms with Crippen molar-refractivity contribution in [2.24, 2.45) is 0 Å². The van der Waals surface area contributed by atoms with E-state index in [0.717, 1.165) is 5.69 Å². The molecular weight excluding hydrogens is 168 g/mol. The average Bonchev–Trinajstić information content (AvgIpc) is 2.74. The highest BCUT2D eigenvalue weighted by molar-refractivity contribution is 7.08. The van der Waals surface area contributed by atoms with Gasteiger partial charge in [-0.1, -0.05) is 6.08 Å². The van der Waals surface area contributed by atoms with Gasteiger partial charge >= 0.3 is 0 Å². The quantitative estimate of drug-likeness (QED) is 0.748. The Balaban J connectivity index is 2.14. The van der Waals surface area contributed by atoms with Crippen LogP contribution >= 0.6 is 11.3 Å². The van der Waals surface area contributed by atoms with Gasteiger partial charge < -0.3 is 4.98 Å². The zero-order valence-electron chi connectivity index (χ0n) is 6.40. The number of aromatic nitrogens is 2. The maximum atomic E-state index is 3.92. The number of nitrogens with one attached hydrogen (secondary N) is 1. The van der Waals surface area contributed by atoms with Gasteiger partial charge in [-0.3, -0.25) is 0 Å². The molecule has 2 aromatic heterocycles. The average molecular weight is 176 g/mol. The van der Waals surface area contributed by atoms with Crippen molar-refractivity contribution in [3.05, 3.63) is 40.6 Å². The molecule has 0 atom stereocenters. The fourth-order valence-electron chi connectivity index (χ4n) is 0.914. The third-order valence-corrected chi connectivity index (χ3v) is 2.22. The maximum Gasteiger partial charge on any atom is 0.0924 e. The lowest BCUT2D eigenvalue weighted by atomic mass is 10.3. The molecular formula is C9H8N2S. The first-order chi connectivity index (χ1) is 5.95. The number of hydrogen-bond acceptors (Lipinski definition) is 2. The summed E-state index contributed by atoms with van der Waals surface area (Å²) in [5.74, 6) is 0. The Morgan fingerprint density at radius 3 is 3.08 bits per heavy atom. The van der Waals surface area contributed by atoms with Gasteiger partial charge in [-0.05, 0) is 28.5 Å². The van der Waals surface area contributed by atoms with Gasteiger partial charge in [-0.2, -0.15) is 11.3 Å². The Morgan fingerprint density at radius 2 is 2.42 bits per heavy atom. The SMILES string of the molecule is C(=Cc1cnc[nH]1)c1ccsc1. The molecule has 0 aliphatic heterocycles. The Labute approximate surface area is 74.6 Å². The van der Waals surface area contributed by atoms with Crippen LogP contribution in [0.5, 0.6) is 0 Å². The summed E-state index contributed by atoms with van der Waals surface area (Å²) in [6.07, 6.45) is 7.54. The highest BCUT2D eigenvalue weighted by atomic mass is 32.1. The summed E-state index contributed by atoms with van der Waals surface area (Å²) < 4.78 is 0. The first-order valence-corrected chi connectivity index (χ1v) is 4.58. The number of nitrogens with zero attached hydrogens (tertiary/aromatic N) is 1. The van der Waals surface area contributed by atoms with Gasteiger partial charge in [0, 0.05) is 0 Å². The summed E-state index contributed by atoms with van der Waals surface area (Å²) in [5, 5.41) is 4.17. The van der Waals surface area contributed by atoms with E-state index < -0.39 is 0 Å². The van der Waals surface area contributed by atoms with Crippen LogP contribution in [0.2, 0.25) is 0 Å². The highest BCUT2D eigenvalue weighted by Crippen LogP contribution is 2.09. The zero-order valence-corrected chi connectivity index (χ0v) is 7.21. The van der Waals surface area contributed by atoms with Crippen LogP contribution in [0.25, 0.3) is 12.2 Å². The molecule has 2 rings (SSSR count). The summed E-state index contributed by atoms with van der Waals surface area (Å²) >= 11 is 1.70. The molecule has 0 saturated carbocycles. The number of hydrogen-bond donors (Lipinski definition) is 1. The lowest BCUT2D eigenvalue weighted by Crippen LogP contribution is -1.66. The third kappa shape index (κ3) is 1.62. The van der Waals surface area contributed by atoms with Crippen molar-refractivity contribution >= 4 is 23.5 Å². The second kappa shape index (κ2) is 3.36. The second-order valence-corrected chi connectivity index (χ2v) is 3.18. The molecule has 0 unspecified atom stereocenters. The van der Waals surface area contributed by atoms with Gasteiger partial charge in [0.2, 0.25) is 0 Å². The van der Waals surface area contributed by atoms with Crippen molar-refractivity contribution < 1.29 is 0 Å². The van der Waals surface area contributed by atoms with E-state index in [9.17, 15) is 0 Å². The van der Waals surface area contributed by atoms with E-state index in [1.807, 2.05) is 6.08 Å². The van der Waals surface area contributed by atoms with E-state index in [1.54, 1.807) is 23.9 Å². The monoisotopic (exact) mass is 176 g/mol. The van der Waals surface area contributed by atoms with E-state index in [-0.39, 0.29) is 0 Å². The summed E-state index contributed by atoms with van der Waals surface area (Å²) in [4.78, 5) is 6.92. The van der Waals surface area contributed by atoms with Crippen LogP contribution in [0.4, 0.5) is 0 Å². The van der Waals surface area contributed by atoms with E-state index in [4.69, 9.17) is 0 Å². The summed E-state index contributed by atoms with van der Waals surface area (Å²) in [7, 11) is 0. The van der Waals surface area contributed by atoms with Gasteiger partial charge in [0.1, 0.15) is 0 Å². The zero-order chi connectivity index (χ0) is 8.23. The lowest BCUT2D eigenvalue weighted by Gasteiger charge is -1.82. The molecule has 3 heteroatoms. The van der Waals surface area contributed by atoms with E-state index in [0.29, 0.717) is 0 Å². The highest BCUT2D eigenvalue weighted by Gasteiger charge is 1.87. The van der Waals surface area contributed by atoms with Crippen LogP contribution in [0.15, 0.2) is 29.4 Å². The molecule has 12 heavy (non-hydrogen) atoms. The minimum Gasteiger partial charge on any atom is -0.345 e. The summed E-state index contributed by atoms with van der Waals surface area (Å²) in [5.41, 5.74) is 2.26. The molecule has 0 radical (unpaired) electrons. The Hall–Kier alpha value is -1.35. The predicted octanol–water partition coefficient (Wildman–Crippen LogP) is 2.64. The van der Waals surface area contributed by atoms with Gasteiger partial charge in [0.05, 0.1) is 18.2 Å². The smallest absolute Gasteiger partial charge is 0.0924 e. The Bertz CT molecular complexity index is 310. The van der Waals surface area contributed by atoms with Gasteiger partial charge in [0.25, 0.3) is 0 Å². The normalized spacial score (nSPS) is 11.0. The second-order valence-electron chi connectivity index (χ2n) is 2.40. The molecule has 2 heterocycles. The molecule has 0 aliphatic carbocycles. The third-order valence-electron chi connectivity index (χ3n) is 1.52. The van der Waals surface area contributed by atoms with Gasteiger partial charge in [-0.15, -0.1) is 0 Å². The van der Waals surface area contributed by atoms with Crippen molar-refractivity contribution in [2.45, 2.75) is 0 Å². The molecule has 0 aromatic carbocycles. The van der Waals surface area contributed by atoms with Crippen LogP contribution in [0.3, 0.4) is 0 Å². The Morgan fingerprint density at radius 1 is 1.42 bits per heavy atom. The van der Waals surface area contributed by atoms with Crippen molar-refractivity contribution in [1.29, 1.82) is 0 Å². The summed E-state index contributed by atoms with van der Waals surface area (Å²) in [6, 6.07) is 2.08. The Kier molecular flexibility index (Phi) is 2.05. The first-order valence-electron chi connectivity index (χ1n) is 3.64. The van der Waals surface area contributed by atoms with E-state index in [1.165, 1.54) is 5.56 Å². The lowest BCUT2D eigenvalue weighted by molar-refractivity contribution is 1.31. The largest absolute Gasteiger partial charge is 0.345 e. The van der Waals surface area contributed by atoms with Crippen LogP contribution in [0.1, 0.15) is 11.3 Å². The molecule has 0 saturated heterocycles. The molecule has 0 spiro atoms. The number of thiophene rings is 1. The number of imidazole rings is 1. The number of aromatic amines is 1. The molecule has 0 aliphatic rings. The summed E-state index contributed by atoms with van der Waals surface area (Å²) in [6.45, 7) is 0. The van der Waals surface area contributed by atoms with Gasteiger partial charge in [-0.25, -0.2) is 4.98 Å². The minimum absolute atomic E-state index is 1.03. The molecule has 2 nitrogen and oxygen atoms in total. The molecule has 1 N–H and O–H groups in total. The standard InChI is InChI=1S/C9H8N2S/c1(8-3-4-12-6-8)2-9-5-10-7-11-9/h1-7H,(H,10,11). The van der Waals surface area contributed by atoms with Crippen LogP contribution in [-0.2, 0) is 0 Å². The fourth-order valence-corrected chi connectivity index (χ4v) is 1.54. The predicted molar refractivity (Wildman–Crippen MR) is 51.8 cm³/mol. The number of rotatable bonds is 2. The first kappa shape index (κ1) is 7.31. The molecule has 0 bridgehead atoms. The number of H-pyrrole nitrogens is 1. The molecule has 60 valence electrons. The topological polar surface area (TPSA) is 28.7 Å². The van der Waals surface area contributed by atoms with Crippen LogP contribution in [0, 0.1) is 0 Å². The molecule has 0 amide bonds. The van der Waals surface area contributed by atoms with Crippen molar-refractivity contribution in [3.63, 3.8) is 0 Å². The van der Waals surface area contributed by atoms with Gasteiger partial charge in [0.15, 0.2) is 0 Å². The van der Waals surface area contributed by atoms with E-state index >= 15 is 0 Å². The van der Waals surface area contributed by atoms with Crippen LogP contribution < -0.4 is 0 Å². The van der Waals surface area contributed by atoms with Crippen molar-refractivity contribution in [2.75, 3.05) is 0 Å². The van der Waals surface area contributed by atoms with Crippen LogP contribution in [-0.4, -0.2) is 9.97 Å². The fraction of sp³-hybridized carbons (Fsp3) is 0. The minimum atomic E-state index is 1.03. The van der Waals surface area contributed by atoms with Crippen molar-refractivity contribution in [3.8, 4) is 0 Å².